The smallest absolute Gasteiger partial charge is 0.292 e. The monoisotopic (exact) mass is 468 g/mol. The highest BCUT2D eigenvalue weighted by Crippen LogP contribution is 2.16. The van der Waals surface area contributed by atoms with Gasteiger partial charge in [0.1, 0.15) is 0 Å². The van der Waals surface area contributed by atoms with E-state index < -0.39 is 8.32 Å². The van der Waals surface area contributed by atoms with Gasteiger partial charge >= 0.3 is 0 Å². The van der Waals surface area contributed by atoms with Gasteiger partial charge in [0.2, 0.25) is 8.32 Å². The van der Waals surface area contributed by atoms with Crippen LogP contribution in [0.5, 0.6) is 0 Å². The van der Waals surface area contributed by atoms with E-state index in [0.717, 1.165) is 6.42 Å². The molecule has 0 aromatic heterocycles. The van der Waals surface area contributed by atoms with Crippen molar-refractivity contribution in [1.29, 1.82) is 0 Å². The number of rotatable bonds is 25. The number of unbranched alkanes of at least 4 members (excludes halogenated alkanes) is 22. The first kappa shape index (κ1) is 31.7. The maximum Gasteiger partial charge on any atom is 0.292 e. The zero-order valence-electron chi connectivity index (χ0n) is 22.8. The molecule has 0 bridgehead atoms. The lowest BCUT2D eigenvalue weighted by Crippen LogP contribution is -2.28. The van der Waals surface area contributed by atoms with Crippen LogP contribution in [-0.4, -0.2) is 14.3 Å². The van der Waals surface area contributed by atoms with Crippen molar-refractivity contribution < 1.29 is 9.22 Å². The molecule has 192 valence electrons. The molecule has 0 aliphatic carbocycles. The van der Waals surface area contributed by atoms with Gasteiger partial charge in [-0.1, -0.05) is 148 Å². The minimum Gasteiger partial charge on any atom is -0.520 e. The zero-order chi connectivity index (χ0) is 23.8. The Bertz CT molecular complexity index is 389. The van der Waals surface area contributed by atoms with Crippen LogP contribution in [0.2, 0.25) is 19.6 Å². The van der Waals surface area contributed by atoms with Crippen molar-refractivity contribution in [2.45, 2.75) is 181 Å². The van der Waals surface area contributed by atoms with Gasteiger partial charge in [0.25, 0.3) is 5.97 Å². The summed E-state index contributed by atoms with van der Waals surface area (Å²) in [5.74, 6) is 0.0210. The fourth-order valence-electron chi connectivity index (χ4n) is 4.45. The lowest BCUT2D eigenvalue weighted by Gasteiger charge is -2.17. The van der Waals surface area contributed by atoms with Crippen LogP contribution in [0, 0.1) is 0 Å². The maximum absolute atomic E-state index is 11.7. The predicted molar refractivity (Wildman–Crippen MR) is 146 cm³/mol. The van der Waals surface area contributed by atoms with Crippen molar-refractivity contribution in [2.24, 2.45) is 0 Å². The van der Waals surface area contributed by atoms with E-state index >= 15 is 0 Å². The Morgan fingerprint density at radius 2 is 0.719 bits per heavy atom. The summed E-state index contributed by atoms with van der Waals surface area (Å²) in [6, 6.07) is 0. The largest absolute Gasteiger partial charge is 0.520 e. The maximum atomic E-state index is 11.7. The molecule has 0 unspecified atom stereocenters. The van der Waals surface area contributed by atoms with Crippen molar-refractivity contribution >= 4 is 14.3 Å². The second-order valence-electron chi connectivity index (χ2n) is 11.1. The van der Waals surface area contributed by atoms with Crippen LogP contribution >= 0.6 is 0 Å². The Morgan fingerprint density at radius 3 is 0.969 bits per heavy atom. The van der Waals surface area contributed by atoms with E-state index in [0.29, 0.717) is 6.42 Å². The number of carbonyl (C=O) groups is 1. The Morgan fingerprint density at radius 1 is 0.469 bits per heavy atom. The van der Waals surface area contributed by atoms with E-state index in [1.54, 1.807) is 0 Å². The van der Waals surface area contributed by atoms with Crippen LogP contribution in [0.15, 0.2) is 0 Å². The van der Waals surface area contributed by atoms with Gasteiger partial charge in [-0.2, -0.15) is 0 Å². The van der Waals surface area contributed by atoms with E-state index in [1.807, 2.05) is 0 Å². The highest BCUT2D eigenvalue weighted by molar-refractivity contribution is 6.71. The van der Waals surface area contributed by atoms with Gasteiger partial charge in [-0.3, -0.25) is 4.79 Å². The molecule has 32 heavy (non-hydrogen) atoms. The third-order valence-corrected chi connectivity index (χ3v) is 7.24. The molecule has 0 aromatic carbocycles. The summed E-state index contributed by atoms with van der Waals surface area (Å²) in [4.78, 5) is 11.7. The molecule has 0 saturated heterocycles. The molecular formula is C29H60O2Si. The highest BCUT2D eigenvalue weighted by atomic mass is 28.4. The van der Waals surface area contributed by atoms with E-state index in [9.17, 15) is 4.79 Å². The second-order valence-corrected chi connectivity index (χ2v) is 15.5. The van der Waals surface area contributed by atoms with E-state index in [2.05, 4.69) is 26.6 Å². The first-order valence-corrected chi connectivity index (χ1v) is 18.1. The quantitative estimate of drug-likeness (QED) is 0.0983. The van der Waals surface area contributed by atoms with Gasteiger partial charge in [0.15, 0.2) is 0 Å². The molecule has 2 nitrogen and oxygen atoms in total. The number of hydrogen-bond acceptors (Lipinski definition) is 2. The van der Waals surface area contributed by atoms with Crippen LogP contribution in [0.1, 0.15) is 161 Å². The van der Waals surface area contributed by atoms with Crippen molar-refractivity contribution in [2.75, 3.05) is 0 Å². The van der Waals surface area contributed by atoms with Crippen molar-refractivity contribution in [3.8, 4) is 0 Å². The summed E-state index contributed by atoms with van der Waals surface area (Å²) >= 11 is 0. The topological polar surface area (TPSA) is 26.3 Å². The Hall–Kier alpha value is -0.313. The van der Waals surface area contributed by atoms with E-state index in [1.165, 1.54) is 141 Å². The van der Waals surface area contributed by atoms with Gasteiger partial charge < -0.3 is 4.43 Å². The van der Waals surface area contributed by atoms with Gasteiger partial charge in [0, 0.05) is 6.42 Å². The fourth-order valence-corrected chi connectivity index (χ4v) is 5.23. The summed E-state index contributed by atoms with van der Waals surface area (Å²) in [5.41, 5.74) is 0. The van der Waals surface area contributed by atoms with Crippen LogP contribution in [-0.2, 0) is 9.22 Å². The highest BCUT2D eigenvalue weighted by Gasteiger charge is 2.19. The molecule has 0 aliphatic heterocycles. The summed E-state index contributed by atoms with van der Waals surface area (Å²) in [6.45, 7) is 8.52. The molecule has 0 saturated carbocycles. The van der Waals surface area contributed by atoms with Crippen molar-refractivity contribution in [3.63, 3.8) is 0 Å². The Balaban J connectivity index is 3.10. The molecule has 0 atom stereocenters. The lowest BCUT2D eigenvalue weighted by molar-refractivity contribution is -0.135. The molecule has 0 radical (unpaired) electrons. The first-order chi connectivity index (χ1) is 15.5. The van der Waals surface area contributed by atoms with Gasteiger partial charge in [-0.05, 0) is 26.1 Å². The molecule has 3 heteroatoms. The Kier molecular flexibility index (Phi) is 23.6. The molecule has 0 amide bonds. The normalized spacial score (nSPS) is 11.8. The van der Waals surface area contributed by atoms with Crippen molar-refractivity contribution in [1.82, 2.24) is 0 Å². The molecule has 0 rings (SSSR count). The van der Waals surface area contributed by atoms with Crippen molar-refractivity contribution in [3.05, 3.63) is 0 Å². The summed E-state index contributed by atoms with van der Waals surface area (Å²) < 4.78 is 5.49. The molecule has 0 fully saturated rings. The van der Waals surface area contributed by atoms with Crippen LogP contribution in [0.25, 0.3) is 0 Å². The fraction of sp³-hybridized carbons (Fsp3) is 0.966. The average Bonchev–Trinajstić information content (AvgIpc) is 2.73. The third-order valence-electron chi connectivity index (χ3n) is 6.40. The van der Waals surface area contributed by atoms with Crippen LogP contribution < -0.4 is 0 Å². The Labute approximate surface area is 204 Å². The SMILES string of the molecule is CCCCCCCCCCCCCCCCCCCCCCCCCC(=O)O[Si](C)(C)C. The molecule has 0 heterocycles. The summed E-state index contributed by atoms with van der Waals surface area (Å²) in [7, 11) is -1.69. The number of hydrogen-bond donors (Lipinski definition) is 0. The summed E-state index contributed by atoms with van der Waals surface area (Å²) in [6.07, 6.45) is 32.8. The third kappa shape index (κ3) is 27.7. The molecule has 0 spiro atoms. The average molecular weight is 469 g/mol. The van der Waals surface area contributed by atoms with Crippen LogP contribution in [0.3, 0.4) is 0 Å². The molecule has 0 aromatic rings. The van der Waals surface area contributed by atoms with Crippen LogP contribution in [0.4, 0.5) is 0 Å². The van der Waals surface area contributed by atoms with Gasteiger partial charge in [-0.25, -0.2) is 0 Å². The van der Waals surface area contributed by atoms with Gasteiger partial charge in [-0.15, -0.1) is 0 Å². The van der Waals surface area contributed by atoms with E-state index in [-0.39, 0.29) is 5.97 Å². The zero-order valence-corrected chi connectivity index (χ0v) is 23.8. The standard InChI is InChI=1S/C29H60O2Si/c1-5-6-7-8-9-10-11-12-13-14-15-16-17-18-19-20-21-22-23-24-25-26-27-28-29(30)31-32(2,3)4/h5-28H2,1-4H3. The summed E-state index contributed by atoms with van der Waals surface area (Å²) in [5, 5.41) is 0. The molecule has 0 aliphatic rings. The number of carbonyl (C=O) groups excluding carboxylic acids is 1. The minimum atomic E-state index is -1.69. The predicted octanol–water partition coefficient (Wildman–Crippen LogP) is 10.7. The molecular weight excluding hydrogens is 408 g/mol. The van der Waals surface area contributed by atoms with Gasteiger partial charge in [0.05, 0.1) is 0 Å². The minimum absolute atomic E-state index is 0.0210. The molecule has 0 N–H and O–H groups in total. The second kappa shape index (κ2) is 23.8. The lowest BCUT2D eigenvalue weighted by atomic mass is 10.0. The van der Waals surface area contributed by atoms with E-state index in [4.69, 9.17) is 4.43 Å². The first-order valence-electron chi connectivity index (χ1n) is 14.7.